The number of benzene rings is 1. The quantitative estimate of drug-likeness (QED) is 0.788. The molecule has 2 heterocycles. The molecule has 98 valence electrons. The van der Waals surface area contributed by atoms with Crippen LogP contribution in [0.2, 0.25) is 0 Å². The van der Waals surface area contributed by atoms with Gasteiger partial charge in [0.2, 0.25) is 5.78 Å². The lowest BCUT2D eigenvalue weighted by atomic mass is 10.1. The van der Waals surface area contributed by atoms with Crippen LogP contribution in [0.25, 0.3) is 17.2 Å². The average molecular weight is 320 g/mol. The van der Waals surface area contributed by atoms with Crippen LogP contribution in [-0.4, -0.2) is 19.2 Å². The van der Waals surface area contributed by atoms with E-state index < -0.39 is 0 Å². The number of aryl methyl sites for hydroxylation is 2. The molecule has 0 amide bonds. The van der Waals surface area contributed by atoms with Crippen molar-refractivity contribution in [1.29, 1.82) is 0 Å². The Balaban J connectivity index is 2.24. The van der Waals surface area contributed by atoms with Gasteiger partial charge < -0.3 is 5.73 Å². The summed E-state index contributed by atoms with van der Waals surface area (Å²) in [6.45, 7) is 2.46. The molecule has 0 atom stereocenters. The number of aromatic nitrogens is 4. The van der Waals surface area contributed by atoms with E-state index in [-0.39, 0.29) is 0 Å². The van der Waals surface area contributed by atoms with Crippen molar-refractivity contribution in [3.05, 3.63) is 40.1 Å². The highest BCUT2D eigenvalue weighted by Crippen LogP contribution is 2.24. The Bertz CT molecular complexity index is 756. The van der Waals surface area contributed by atoms with E-state index in [4.69, 9.17) is 5.73 Å². The molecule has 0 saturated heterocycles. The summed E-state index contributed by atoms with van der Waals surface area (Å²) in [5, 5.41) is 4.61. The fourth-order valence-electron chi connectivity index (χ4n) is 2.15. The Morgan fingerprint density at radius 2 is 2.16 bits per heavy atom. The largest absolute Gasteiger partial charge is 0.325 e. The average Bonchev–Trinajstić information content (AvgIpc) is 2.88. The number of hydrogen-bond acceptors (Lipinski definition) is 3. The fourth-order valence-corrected chi connectivity index (χ4v) is 2.64. The number of nitrogens with two attached hydrogens (primary N) is 1. The third kappa shape index (κ3) is 1.87. The summed E-state index contributed by atoms with van der Waals surface area (Å²) in [6.07, 6.45) is 0. The van der Waals surface area contributed by atoms with Gasteiger partial charge in [0, 0.05) is 19.2 Å². The first-order valence-corrected chi connectivity index (χ1v) is 6.78. The summed E-state index contributed by atoms with van der Waals surface area (Å²) in [7, 11) is 1.96. The van der Waals surface area contributed by atoms with Gasteiger partial charge in [-0.05, 0) is 28.9 Å². The first-order chi connectivity index (χ1) is 9.11. The third-order valence-electron chi connectivity index (χ3n) is 3.13. The van der Waals surface area contributed by atoms with Crippen LogP contribution in [0.15, 0.2) is 28.9 Å². The lowest BCUT2D eigenvalue weighted by molar-refractivity contribution is 0.915. The molecule has 6 heteroatoms. The third-order valence-corrected chi connectivity index (χ3v) is 3.92. The summed E-state index contributed by atoms with van der Waals surface area (Å²) in [4.78, 5) is 4.49. The van der Waals surface area contributed by atoms with Crippen LogP contribution in [0.3, 0.4) is 0 Å². The van der Waals surface area contributed by atoms with Gasteiger partial charge >= 0.3 is 0 Å². The lowest BCUT2D eigenvalue weighted by Crippen LogP contribution is -1.99. The normalized spacial score (nSPS) is 11.4. The molecule has 0 aliphatic heterocycles. The van der Waals surface area contributed by atoms with Crippen molar-refractivity contribution in [3.8, 4) is 11.4 Å². The minimum Gasteiger partial charge on any atom is -0.325 e. The second-order valence-corrected chi connectivity index (χ2v) is 5.27. The Morgan fingerprint density at radius 1 is 1.37 bits per heavy atom. The van der Waals surface area contributed by atoms with Crippen molar-refractivity contribution in [2.24, 2.45) is 12.8 Å². The van der Waals surface area contributed by atoms with Crippen LogP contribution in [0, 0.1) is 6.92 Å². The van der Waals surface area contributed by atoms with E-state index in [0.29, 0.717) is 6.54 Å². The number of halogens is 1. The first-order valence-electron chi connectivity index (χ1n) is 5.98. The summed E-state index contributed by atoms with van der Waals surface area (Å²) >= 11 is 3.49. The molecular weight excluding hydrogens is 306 g/mol. The maximum absolute atomic E-state index is 5.65. The Kier molecular flexibility index (Phi) is 2.91. The molecular formula is C13H14BrN5. The molecule has 0 aliphatic rings. The Labute approximate surface area is 119 Å². The molecule has 3 rings (SSSR count). The van der Waals surface area contributed by atoms with Crippen molar-refractivity contribution in [1.82, 2.24) is 19.2 Å². The molecule has 0 unspecified atom stereocenters. The second-order valence-electron chi connectivity index (χ2n) is 4.52. The Hall–Kier alpha value is -1.66. The van der Waals surface area contributed by atoms with Gasteiger partial charge in [0.25, 0.3) is 0 Å². The topological polar surface area (TPSA) is 61.1 Å². The standard InChI is InChI=1S/C13H14BrN5/c1-8-4-3-5-9(6-8)12-17-19-11(14)10(7-15)16-13(19)18(12)2/h3-6H,7,15H2,1-2H3. The molecule has 19 heavy (non-hydrogen) atoms. The monoisotopic (exact) mass is 319 g/mol. The van der Waals surface area contributed by atoms with Gasteiger partial charge in [-0.15, -0.1) is 5.10 Å². The highest BCUT2D eigenvalue weighted by molar-refractivity contribution is 9.10. The van der Waals surface area contributed by atoms with E-state index in [0.717, 1.165) is 27.5 Å². The van der Waals surface area contributed by atoms with Gasteiger partial charge in [-0.2, -0.15) is 4.52 Å². The molecule has 2 N–H and O–H groups in total. The maximum atomic E-state index is 5.65. The van der Waals surface area contributed by atoms with Crippen LogP contribution < -0.4 is 5.73 Å². The highest BCUT2D eigenvalue weighted by atomic mass is 79.9. The molecule has 0 spiro atoms. The number of imidazole rings is 1. The van der Waals surface area contributed by atoms with Crippen LogP contribution in [0.4, 0.5) is 0 Å². The predicted octanol–water partition coefficient (Wildman–Crippen LogP) is 2.26. The number of fused-ring (bicyclic) bond motifs is 1. The molecule has 5 nitrogen and oxygen atoms in total. The van der Waals surface area contributed by atoms with Gasteiger partial charge in [0.05, 0.1) is 5.69 Å². The Morgan fingerprint density at radius 3 is 2.79 bits per heavy atom. The van der Waals surface area contributed by atoms with E-state index in [1.807, 2.05) is 23.7 Å². The first kappa shape index (κ1) is 12.4. The van der Waals surface area contributed by atoms with Gasteiger partial charge in [0.15, 0.2) is 5.82 Å². The van der Waals surface area contributed by atoms with E-state index in [1.165, 1.54) is 5.56 Å². The fraction of sp³-hybridized carbons (Fsp3) is 0.231. The molecule has 2 aromatic heterocycles. The van der Waals surface area contributed by atoms with Crippen molar-refractivity contribution < 1.29 is 0 Å². The summed E-state index contributed by atoms with van der Waals surface area (Å²) in [5.74, 6) is 1.67. The number of nitrogens with zero attached hydrogens (tertiary/aromatic N) is 4. The summed E-state index contributed by atoms with van der Waals surface area (Å²) in [6, 6.07) is 8.26. The van der Waals surface area contributed by atoms with Gasteiger partial charge in [0.1, 0.15) is 4.60 Å². The van der Waals surface area contributed by atoms with Crippen molar-refractivity contribution in [3.63, 3.8) is 0 Å². The van der Waals surface area contributed by atoms with E-state index in [2.05, 4.69) is 45.1 Å². The zero-order chi connectivity index (χ0) is 13.6. The van der Waals surface area contributed by atoms with E-state index in [9.17, 15) is 0 Å². The van der Waals surface area contributed by atoms with Crippen LogP contribution in [0.1, 0.15) is 11.3 Å². The number of hydrogen-bond donors (Lipinski definition) is 1. The molecule has 0 radical (unpaired) electrons. The smallest absolute Gasteiger partial charge is 0.233 e. The molecule has 0 fully saturated rings. The SMILES string of the molecule is Cc1cccc(-c2nn3c(Br)c(CN)nc3n2C)c1. The lowest BCUT2D eigenvalue weighted by Gasteiger charge is -2.01. The molecule has 0 aliphatic carbocycles. The molecule has 3 aromatic rings. The van der Waals surface area contributed by atoms with E-state index >= 15 is 0 Å². The van der Waals surface area contributed by atoms with Crippen LogP contribution in [-0.2, 0) is 13.6 Å². The van der Waals surface area contributed by atoms with Crippen molar-refractivity contribution in [2.45, 2.75) is 13.5 Å². The van der Waals surface area contributed by atoms with Gasteiger partial charge in [-0.3, -0.25) is 4.57 Å². The van der Waals surface area contributed by atoms with Crippen LogP contribution >= 0.6 is 15.9 Å². The minimum absolute atomic E-state index is 0.393. The van der Waals surface area contributed by atoms with Crippen molar-refractivity contribution >= 4 is 21.7 Å². The number of rotatable bonds is 2. The van der Waals surface area contributed by atoms with Gasteiger partial charge in [-0.1, -0.05) is 23.8 Å². The zero-order valence-electron chi connectivity index (χ0n) is 10.8. The maximum Gasteiger partial charge on any atom is 0.233 e. The summed E-state index contributed by atoms with van der Waals surface area (Å²) in [5.41, 5.74) is 8.75. The molecule has 0 bridgehead atoms. The second kappa shape index (κ2) is 4.47. The summed E-state index contributed by atoms with van der Waals surface area (Å²) < 4.78 is 4.57. The molecule has 0 saturated carbocycles. The zero-order valence-corrected chi connectivity index (χ0v) is 12.3. The minimum atomic E-state index is 0.393. The van der Waals surface area contributed by atoms with E-state index in [1.54, 1.807) is 4.52 Å². The predicted molar refractivity (Wildman–Crippen MR) is 77.7 cm³/mol. The van der Waals surface area contributed by atoms with Crippen molar-refractivity contribution in [2.75, 3.05) is 0 Å². The molecule has 1 aromatic carbocycles. The van der Waals surface area contributed by atoms with Gasteiger partial charge in [-0.25, -0.2) is 4.98 Å². The highest BCUT2D eigenvalue weighted by Gasteiger charge is 2.16. The van der Waals surface area contributed by atoms with Crippen LogP contribution in [0.5, 0.6) is 0 Å².